The zero-order valence-electron chi connectivity index (χ0n) is 26.1. The van der Waals surface area contributed by atoms with Gasteiger partial charge in [-0.1, -0.05) is 64.0 Å². The van der Waals surface area contributed by atoms with Crippen LogP contribution in [0.3, 0.4) is 0 Å². The van der Waals surface area contributed by atoms with Crippen LogP contribution >= 0.6 is 23.1 Å². The third-order valence-electron chi connectivity index (χ3n) is 8.88. The second kappa shape index (κ2) is 14.2. The number of thioether (sulfide) groups is 1. The third kappa shape index (κ3) is 7.85. The van der Waals surface area contributed by atoms with Gasteiger partial charge < -0.3 is 4.90 Å². The molecule has 2 heterocycles. The quantitative estimate of drug-likeness (QED) is 0.179. The Morgan fingerprint density at radius 2 is 1.68 bits per heavy atom. The molecule has 8 heteroatoms. The third-order valence-corrected chi connectivity index (χ3v) is 13.9. The summed E-state index contributed by atoms with van der Waals surface area (Å²) in [7, 11) is 0.852. The number of hydrogen-bond acceptors (Lipinski definition) is 7. The molecule has 1 atom stereocenters. The van der Waals surface area contributed by atoms with Gasteiger partial charge in [-0.15, -0.1) is 23.1 Å². The van der Waals surface area contributed by atoms with E-state index in [1.165, 1.54) is 49.8 Å². The molecule has 4 rings (SSSR count). The predicted octanol–water partition coefficient (Wildman–Crippen LogP) is 8.76. The Bertz CT molecular complexity index is 1410. The van der Waals surface area contributed by atoms with E-state index in [0.29, 0.717) is 10.8 Å². The van der Waals surface area contributed by atoms with E-state index in [1.54, 1.807) is 36.9 Å². The predicted molar refractivity (Wildman–Crippen MR) is 178 cm³/mol. The molecule has 1 saturated carbocycles. The van der Waals surface area contributed by atoms with Gasteiger partial charge in [0.05, 0.1) is 19.9 Å². The van der Waals surface area contributed by atoms with E-state index in [9.17, 15) is 8.42 Å². The van der Waals surface area contributed by atoms with Crippen molar-refractivity contribution in [1.82, 2.24) is 9.97 Å². The van der Waals surface area contributed by atoms with E-state index in [-0.39, 0.29) is 5.25 Å². The summed E-state index contributed by atoms with van der Waals surface area (Å²) < 4.78 is 27.0. The van der Waals surface area contributed by atoms with Crippen LogP contribution in [-0.4, -0.2) is 44.0 Å². The summed E-state index contributed by atoms with van der Waals surface area (Å²) >= 11 is 3.28. The summed E-state index contributed by atoms with van der Waals surface area (Å²) in [6.07, 6.45) is 14.3. The Morgan fingerprint density at radius 1 is 1.02 bits per heavy atom. The minimum Gasteiger partial charge on any atom is -0.362 e. The SMILES string of the molecule is CSc1sc(CC(C)CCC2CCC(CCCc3nc(N(C)C)c4ccccc4n3)CC2)c(C)c1S(=O)(=O)C(C)C. The van der Waals surface area contributed by atoms with Crippen LogP contribution in [0.5, 0.6) is 0 Å². The number of hydrogen-bond donors (Lipinski definition) is 0. The lowest BCUT2D eigenvalue weighted by atomic mass is 9.77. The van der Waals surface area contributed by atoms with Gasteiger partial charge in [0.1, 0.15) is 11.6 Å². The van der Waals surface area contributed by atoms with Gasteiger partial charge in [-0.3, -0.25) is 0 Å². The topological polar surface area (TPSA) is 63.2 Å². The first kappa shape index (κ1) is 32.3. The number of benzene rings is 1. The molecule has 0 spiro atoms. The zero-order chi connectivity index (χ0) is 29.7. The van der Waals surface area contributed by atoms with E-state index in [4.69, 9.17) is 9.97 Å². The molecule has 0 radical (unpaired) electrons. The molecule has 0 amide bonds. The summed E-state index contributed by atoms with van der Waals surface area (Å²) in [5.41, 5.74) is 2.03. The van der Waals surface area contributed by atoms with Gasteiger partial charge in [0, 0.05) is 30.8 Å². The lowest BCUT2D eigenvalue weighted by Gasteiger charge is -2.29. The van der Waals surface area contributed by atoms with Crippen molar-refractivity contribution in [3.8, 4) is 0 Å². The largest absolute Gasteiger partial charge is 0.362 e. The molecular weight excluding hydrogens is 567 g/mol. The maximum atomic E-state index is 13.0. The number of rotatable bonds is 13. The molecule has 1 fully saturated rings. The molecule has 2 aromatic heterocycles. The summed E-state index contributed by atoms with van der Waals surface area (Å²) in [4.78, 5) is 13.7. The number of aryl methyl sites for hydroxylation is 1. The van der Waals surface area contributed by atoms with E-state index >= 15 is 0 Å². The van der Waals surface area contributed by atoms with Crippen molar-refractivity contribution >= 4 is 49.7 Å². The van der Waals surface area contributed by atoms with Gasteiger partial charge in [-0.05, 0) is 75.3 Å². The highest BCUT2D eigenvalue weighted by atomic mass is 32.2. The fourth-order valence-electron chi connectivity index (χ4n) is 6.26. The minimum absolute atomic E-state index is 0.384. The average Bonchev–Trinajstić information content (AvgIpc) is 3.27. The minimum atomic E-state index is -3.26. The number of aromatic nitrogens is 2. The van der Waals surface area contributed by atoms with Crippen LogP contribution in [0.1, 0.15) is 88.4 Å². The van der Waals surface area contributed by atoms with E-state index in [1.807, 2.05) is 13.2 Å². The second-order valence-corrected chi connectivity index (χ2v) is 17.2. The number of nitrogens with zero attached hydrogens (tertiary/aromatic N) is 3. The molecule has 1 aliphatic carbocycles. The van der Waals surface area contributed by atoms with Gasteiger partial charge in [-0.2, -0.15) is 0 Å². The van der Waals surface area contributed by atoms with Crippen LogP contribution < -0.4 is 4.90 Å². The van der Waals surface area contributed by atoms with Crippen molar-refractivity contribution in [2.45, 2.75) is 106 Å². The van der Waals surface area contributed by atoms with Crippen molar-refractivity contribution in [2.24, 2.45) is 17.8 Å². The smallest absolute Gasteiger partial charge is 0.182 e. The standard InChI is InChI=1S/C33H49N3O2S3/c1-22(2)41(37,38)31-24(4)29(40-33(31)39-7)21-23(3)15-16-26-19-17-25(18-20-26)11-10-14-30-34-28-13-9-8-12-27(28)32(35-30)36(5)6/h8-9,12-13,22-23,25-26H,10-11,14-21H2,1-7H3. The van der Waals surface area contributed by atoms with E-state index in [2.05, 4.69) is 50.2 Å². The Kier molecular flexibility index (Phi) is 11.2. The van der Waals surface area contributed by atoms with Gasteiger partial charge in [0.2, 0.25) is 0 Å². The first-order chi connectivity index (χ1) is 19.5. The summed E-state index contributed by atoms with van der Waals surface area (Å²) in [5, 5.41) is 0.734. The number of thiophene rings is 1. The molecule has 0 N–H and O–H groups in total. The van der Waals surface area contributed by atoms with Gasteiger partial charge in [0.15, 0.2) is 9.84 Å². The van der Waals surface area contributed by atoms with Gasteiger partial charge >= 0.3 is 0 Å². The van der Waals surface area contributed by atoms with Crippen LogP contribution in [0.2, 0.25) is 0 Å². The van der Waals surface area contributed by atoms with Crippen molar-refractivity contribution < 1.29 is 8.42 Å². The van der Waals surface area contributed by atoms with Crippen molar-refractivity contribution in [1.29, 1.82) is 0 Å². The number of para-hydroxylation sites is 1. The molecule has 1 aromatic carbocycles. The molecule has 5 nitrogen and oxygen atoms in total. The number of anilines is 1. The number of fused-ring (bicyclic) bond motifs is 1. The van der Waals surface area contributed by atoms with Crippen LogP contribution in [0.4, 0.5) is 5.82 Å². The highest BCUT2D eigenvalue weighted by Gasteiger charge is 2.29. The molecule has 0 bridgehead atoms. The zero-order valence-corrected chi connectivity index (χ0v) is 28.5. The van der Waals surface area contributed by atoms with Crippen LogP contribution in [0.25, 0.3) is 10.9 Å². The van der Waals surface area contributed by atoms with E-state index < -0.39 is 9.84 Å². The summed E-state index contributed by atoms with van der Waals surface area (Å²) in [5.74, 6) is 4.22. The number of sulfone groups is 1. The van der Waals surface area contributed by atoms with Gasteiger partial charge in [0.25, 0.3) is 0 Å². The van der Waals surface area contributed by atoms with Crippen molar-refractivity contribution in [3.63, 3.8) is 0 Å². The van der Waals surface area contributed by atoms with Crippen molar-refractivity contribution in [3.05, 3.63) is 40.5 Å². The lowest BCUT2D eigenvalue weighted by Crippen LogP contribution is -2.16. The highest BCUT2D eigenvalue weighted by Crippen LogP contribution is 2.41. The fraction of sp³-hybridized carbons (Fsp3) is 0.636. The lowest BCUT2D eigenvalue weighted by molar-refractivity contribution is 0.239. The van der Waals surface area contributed by atoms with Crippen LogP contribution in [0.15, 0.2) is 33.4 Å². The van der Waals surface area contributed by atoms with Crippen molar-refractivity contribution in [2.75, 3.05) is 25.3 Å². The maximum Gasteiger partial charge on any atom is 0.182 e. The van der Waals surface area contributed by atoms with Crippen LogP contribution in [-0.2, 0) is 22.7 Å². The van der Waals surface area contributed by atoms with E-state index in [0.717, 1.165) is 63.4 Å². The Labute approximate surface area is 256 Å². The molecule has 3 aromatic rings. The Balaban J connectivity index is 1.22. The molecule has 1 unspecified atom stereocenters. The monoisotopic (exact) mass is 615 g/mol. The van der Waals surface area contributed by atoms with Crippen LogP contribution in [0, 0.1) is 24.7 Å². The molecule has 41 heavy (non-hydrogen) atoms. The summed E-state index contributed by atoms with van der Waals surface area (Å²) in [6, 6.07) is 8.31. The fourth-order valence-corrected chi connectivity index (χ4v) is 10.7. The highest BCUT2D eigenvalue weighted by molar-refractivity contribution is 8.01. The molecule has 226 valence electrons. The second-order valence-electron chi connectivity index (χ2n) is 12.6. The molecule has 1 aliphatic rings. The first-order valence-electron chi connectivity index (χ1n) is 15.3. The maximum absolute atomic E-state index is 13.0. The summed E-state index contributed by atoms with van der Waals surface area (Å²) in [6.45, 7) is 7.93. The first-order valence-corrected chi connectivity index (χ1v) is 18.9. The molecule has 0 aliphatic heterocycles. The molecular formula is C33H49N3O2S3. The molecule has 0 saturated heterocycles. The van der Waals surface area contributed by atoms with Gasteiger partial charge in [-0.25, -0.2) is 18.4 Å². The normalized spacial score (nSPS) is 18.7. The Morgan fingerprint density at radius 3 is 2.32 bits per heavy atom. The average molecular weight is 616 g/mol. The Hall–Kier alpha value is -1.64.